The number of morpholine rings is 1. The molecule has 1 unspecified atom stereocenters. The Bertz CT molecular complexity index is 555. The summed E-state index contributed by atoms with van der Waals surface area (Å²) in [6, 6.07) is 3.99. The van der Waals surface area contributed by atoms with Gasteiger partial charge in [0.25, 0.3) is 0 Å². The van der Waals surface area contributed by atoms with Gasteiger partial charge < -0.3 is 9.64 Å². The van der Waals surface area contributed by atoms with E-state index in [0.29, 0.717) is 12.0 Å². The number of hydrogen-bond acceptors (Lipinski definition) is 5. The van der Waals surface area contributed by atoms with E-state index in [0.717, 1.165) is 36.1 Å². The van der Waals surface area contributed by atoms with Crippen molar-refractivity contribution in [3.05, 3.63) is 29.9 Å². The molecular formula is C15H19N3OS. The molecule has 1 fully saturated rings. The van der Waals surface area contributed by atoms with Crippen molar-refractivity contribution in [2.45, 2.75) is 20.0 Å². The lowest BCUT2D eigenvalue weighted by Crippen LogP contribution is -2.44. The summed E-state index contributed by atoms with van der Waals surface area (Å²) < 4.78 is 5.81. The van der Waals surface area contributed by atoms with Crippen molar-refractivity contribution in [1.82, 2.24) is 9.97 Å². The van der Waals surface area contributed by atoms with Crippen molar-refractivity contribution in [2.75, 3.05) is 24.6 Å². The van der Waals surface area contributed by atoms with Gasteiger partial charge in [0.05, 0.1) is 18.4 Å². The van der Waals surface area contributed by atoms with Gasteiger partial charge in [-0.25, -0.2) is 4.98 Å². The van der Waals surface area contributed by atoms with Gasteiger partial charge >= 0.3 is 0 Å². The summed E-state index contributed by atoms with van der Waals surface area (Å²) in [7, 11) is 0. The zero-order valence-corrected chi connectivity index (χ0v) is 12.6. The van der Waals surface area contributed by atoms with E-state index in [4.69, 9.17) is 9.72 Å². The summed E-state index contributed by atoms with van der Waals surface area (Å²) in [4.78, 5) is 11.2. The minimum Gasteiger partial charge on any atom is -0.374 e. The molecule has 2 aromatic heterocycles. The second-order valence-corrected chi connectivity index (χ2v) is 6.19. The van der Waals surface area contributed by atoms with Crippen LogP contribution >= 0.6 is 11.3 Å². The molecule has 0 aliphatic carbocycles. The quantitative estimate of drug-likeness (QED) is 0.870. The van der Waals surface area contributed by atoms with Crippen molar-refractivity contribution < 1.29 is 4.74 Å². The number of pyridine rings is 1. The van der Waals surface area contributed by atoms with E-state index >= 15 is 0 Å². The first kappa shape index (κ1) is 13.5. The van der Waals surface area contributed by atoms with Gasteiger partial charge in [-0.2, -0.15) is 0 Å². The number of rotatable bonds is 3. The summed E-state index contributed by atoms with van der Waals surface area (Å²) in [6.07, 6.45) is 3.94. The van der Waals surface area contributed by atoms with E-state index in [9.17, 15) is 0 Å². The summed E-state index contributed by atoms with van der Waals surface area (Å²) in [5.74, 6) is 0.538. The number of aromatic nitrogens is 2. The van der Waals surface area contributed by atoms with Crippen molar-refractivity contribution >= 4 is 16.5 Å². The van der Waals surface area contributed by atoms with Crippen LogP contribution in [0.2, 0.25) is 0 Å². The fraction of sp³-hybridized carbons (Fsp3) is 0.467. The maximum Gasteiger partial charge on any atom is 0.186 e. The zero-order valence-electron chi connectivity index (χ0n) is 11.8. The third kappa shape index (κ3) is 2.83. The van der Waals surface area contributed by atoms with Gasteiger partial charge in [-0.05, 0) is 18.1 Å². The standard InChI is InChI=1S/C15H19N3OS/c1-11(2)14-9-18(6-7-19-14)15-17-13(10-20-15)12-4-3-5-16-8-12/h3-5,8,10-11,14H,6-7,9H2,1-2H3. The van der Waals surface area contributed by atoms with Gasteiger partial charge in [0.15, 0.2) is 5.13 Å². The summed E-state index contributed by atoms with van der Waals surface area (Å²) in [6.45, 7) is 7.04. The third-order valence-electron chi connectivity index (χ3n) is 3.56. The van der Waals surface area contributed by atoms with Gasteiger partial charge in [0.2, 0.25) is 0 Å². The second kappa shape index (κ2) is 5.89. The van der Waals surface area contributed by atoms with Gasteiger partial charge in [0.1, 0.15) is 0 Å². The van der Waals surface area contributed by atoms with Crippen LogP contribution in [0.1, 0.15) is 13.8 Å². The van der Waals surface area contributed by atoms with Crippen LogP contribution in [0.25, 0.3) is 11.3 Å². The Morgan fingerprint density at radius 3 is 3.10 bits per heavy atom. The first-order valence-electron chi connectivity index (χ1n) is 6.96. The van der Waals surface area contributed by atoms with E-state index in [1.54, 1.807) is 17.5 Å². The topological polar surface area (TPSA) is 38.2 Å². The van der Waals surface area contributed by atoms with E-state index in [1.165, 1.54) is 0 Å². The molecule has 0 spiro atoms. The molecule has 2 aromatic rings. The molecule has 106 valence electrons. The fourth-order valence-electron chi connectivity index (χ4n) is 2.31. The lowest BCUT2D eigenvalue weighted by Gasteiger charge is -2.34. The Morgan fingerprint density at radius 1 is 1.45 bits per heavy atom. The largest absolute Gasteiger partial charge is 0.374 e. The summed E-state index contributed by atoms with van der Waals surface area (Å²) in [5.41, 5.74) is 2.08. The molecule has 1 aliphatic heterocycles. The van der Waals surface area contributed by atoms with Crippen LogP contribution in [-0.4, -0.2) is 35.8 Å². The van der Waals surface area contributed by atoms with E-state index in [-0.39, 0.29) is 0 Å². The van der Waals surface area contributed by atoms with Crippen LogP contribution in [0.5, 0.6) is 0 Å². The fourth-order valence-corrected chi connectivity index (χ4v) is 3.18. The minimum absolute atomic E-state index is 0.300. The van der Waals surface area contributed by atoms with Crippen molar-refractivity contribution in [3.8, 4) is 11.3 Å². The molecule has 4 nitrogen and oxygen atoms in total. The normalized spacial score (nSPS) is 19.6. The average Bonchev–Trinajstić information content (AvgIpc) is 2.98. The third-order valence-corrected chi connectivity index (χ3v) is 4.46. The number of anilines is 1. The molecule has 20 heavy (non-hydrogen) atoms. The predicted molar refractivity (Wildman–Crippen MR) is 82.1 cm³/mol. The maximum atomic E-state index is 5.81. The summed E-state index contributed by atoms with van der Waals surface area (Å²) >= 11 is 1.70. The van der Waals surface area contributed by atoms with Crippen molar-refractivity contribution in [3.63, 3.8) is 0 Å². The highest BCUT2D eigenvalue weighted by Crippen LogP contribution is 2.28. The molecule has 0 bridgehead atoms. The van der Waals surface area contributed by atoms with E-state index in [2.05, 4.69) is 29.1 Å². The summed E-state index contributed by atoms with van der Waals surface area (Å²) in [5, 5.41) is 3.18. The second-order valence-electron chi connectivity index (χ2n) is 5.36. The number of ether oxygens (including phenoxy) is 1. The highest BCUT2D eigenvalue weighted by Gasteiger charge is 2.24. The van der Waals surface area contributed by atoms with Gasteiger partial charge in [-0.15, -0.1) is 11.3 Å². The molecule has 0 amide bonds. The molecule has 1 aliphatic rings. The predicted octanol–water partition coefficient (Wildman–Crippen LogP) is 3.07. The highest BCUT2D eigenvalue weighted by atomic mass is 32.1. The molecule has 1 saturated heterocycles. The molecule has 3 heterocycles. The SMILES string of the molecule is CC(C)C1CN(c2nc(-c3cccnc3)cs2)CCO1. The van der Waals surface area contributed by atoms with Gasteiger partial charge in [0, 0.05) is 36.4 Å². The Kier molecular flexibility index (Phi) is 3.98. The first-order chi connectivity index (χ1) is 9.74. The van der Waals surface area contributed by atoms with Gasteiger partial charge in [-0.3, -0.25) is 4.98 Å². The Labute approximate surface area is 123 Å². The molecule has 3 rings (SSSR count). The van der Waals surface area contributed by atoms with Crippen LogP contribution in [0.3, 0.4) is 0 Å². The van der Waals surface area contributed by atoms with E-state index in [1.807, 2.05) is 18.3 Å². The van der Waals surface area contributed by atoms with Gasteiger partial charge in [-0.1, -0.05) is 13.8 Å². The van der Waals surface area contributed by atoms with Crippen molar-refractivity contribution in [1.29, 1.82) is 0 Å². The molecule has 0 N–H and O–H groups in total. The highest BCUT2D eigenvalue weighted by molar-refractivity contribution is 7.14. The molecule has 0 aromatic carbocycles. The lowest BCUT2D eigenvalue weighted by atomic mass is 10.1. The molecule has 0 saturated carbocycles. The smallest absolute Gasteiger partial charge is 0.186 e. The van der Waals surface area contributed by atoms with Crippen LogP contribution in [0.15, 0.2) is 29.9 Å². The Balaban J connectivity index is 1.77. The number of nitrogens with zero attached hydrogens (tertiary/aromatic N) is 3. The molecular weight excluding hydrogens is 270 g/mol. The Morgan fingerprint density at radius 2 is 2.35 bits per heavy atom. The molecule has 1 atom stereocenters. The van der Waals surface area contributed by atoms with Crippen LogP contribution < -0.4 is 4.90 Å². The maximum absolute atomic E-state index is 5.81. The zero-order chi connectivity index (χ0) is 13.9. The van der Waals surface area contributed by atoms with Crippen LogP contribution in [0.4, 0.5) is 5.13 Å². The Hall–Kier alpha value is -1.46. The first-order valence-corrected chi connectivity index (χ1v) is 7.84. The molecule has 5 heteroatoms. The van der Waals surface area contributed by atoms with Crippen LogP contribution in [0, 0.1) is 5.92 Å². The van der Waals surface area contributed by atoms with Crippen molar-refractivity contribution in [2.24, 2.45) is 5.92 Å². The molecule has 0 radical (unpaired) electrons. The van der Waals surface area contributed by atoms with E-state index < -0.39 is 0 Å². The number of thiazole rings is 1. The lowest BCUT2D eigenvalue weighted by molar-refractivity contribution is 0.0114. The number of hydrogen-bond donors (Lipinski definition) is 0. The monoisotopic (exact) mass is 289 g/mol. The van der Waals surface area contributed by atoms with Crippen LogP contribution in [-0.2, 0) is 4.74 Å². The minimum atomic E-state index is 0.300. The average molecular weight is 289 g/mol.